The molecule has 1 N–H and O–H groups in total. The highest BCUT2D eigenvalue weighted by molar-refractivity contribution is 5.90. The predicted molar refractivity (Wildman–Crippen MR) is 74.6 cm³/mol. The maximum Gasteiger partial charge on any atom is 0.354 e. The zero-order chi connectivity index (χ0) is 14.3. The number of aromatic carboxylic acids is 1. The van der Waals surface area contributed by atoms with Crippen molar-refractivity contribution in [2.45, 2.75) is 27.7 Å². The van der Waals surface area contributed by atoms with E-state index in [-0.39, 0.29) is 5.69 Å². The zero-order valence-electron chi connectivity index (χ0n) is 11.9. The van der Waals surface area contributed by atoms with Gasteiger partial charge in [-0.2, -0.15) is 5.10 Å². The van der Waals surface area contributed by atoms with Crippen molar-refractivity contribution in [2.24, 2.45) is 7.05 Å². The smallest absolute Gasteiger partial charge is 0.354 e. The van der Waals surface area contributed by atoms with Crippen molar-refractivity contribution in [3.63, 3.8) is 0 Å². The number of hydrogen-bond acceptors (Lipinski definition) is 2. The van der Waals surface area contributed by atoms with Gasteiger partial charge in [0.25, 0.3) is 0 Å². The van der Waals surface area contributed by atoms with Crippen LogP contribution in [0.5, 0.6) is 0 Å². The first-order valence-electron chi connectivity index (χ1n) is 6.18. The highest BCUT2D eigenvalue weighted by Crippen LogP contribution is 2.29. The number of rotatable bonds is 2. The molecule has 1 heterocycles. The molecule has 0 aliphatic heterocycles. The van der Waals surface area contributed by atoms with Crippen molar-refractivity contribution in [1.29, 1.82) is 0 Å². The summed E-state index contributed by atoms with van der Waals surface area (Å²) in [6.07, 6.45) is 0. The molecule has 4 heteroatoms. The van der Waals surface area contributed by atoms with Crippen LogP contribution in [-0.4, -0.2) is 20.9 Å². The lowest BCUT2D eigenvalue weighted by atomic mass is 9.97. The summed E-state index contributed by atoms with van der Waals surface area (Å²) in [5, 5.41) is 13.6. The van der Waals surface area contributed by atoms with Crippen LogP contribution in [0.2, 0.25) is 0 Å². The van der Waals surface area contributed by atoms with E-state index in [0.29, 0.717) is 5.56 Å². The molecule has 100 valence electrons. The summed E-state index contributed by atoms with van der Waals surface area (Å²) in [5.41, 5.74) is 6.23. The van der Waals surface area contributed by atoms with Gasteiger partial charge in [-0.3, -0.25) is 4.68 Å². The fourth-order valence-electron chi connectivity index (χ4n) is 2.40. The Morgan fingerprint density at radius 3 is 2.21 bits per heavy atom. The molecule has 1 aromatic heterocycles. The van der Waals surface area contributed by atoms with Crippen molar-refractivity contribution >= 4 is 5.97 Å². The number of benzene rings is 1. The zero-order valence-corrected chi connectivity index (χ0v) is 11.9. The molecule has 2 aromatic rings. The lowest BCUT2D eigenvalue weighted by Gasteiger charge is -2.08. The number of carboxylic acid groups (broad SMARTS) is 1. The van der Waals surface area contributed by atoms with E-state index in [2.05, 4.69) is 31.1 Å². The molecular weight excluding hydrogens is 240 g/mol. The minimum Gasteiger partial charge on any atom is -0.477 e. The fourth-order valence-corrected chi connectivity index (χ4v) is 2.40. The van der Waals surface area contributed by atoms with E-state index in [4.69, 9.17) is 0 Å². The summed E-state index contributed by atoms with van der Waals surface area (Å²) in [7, 11) is 1.66. The quantitative estimate of drug-likeness (QED) is 0.900. The third kappa shape index (κ3) is 2.14. The Morgan fingerprint density at radius 1 is 1.11 bits per heavy atom. The van der Waals surface area contributed by atoms with E-state index >= 15 is 0 Å². The standard InChI is InChI=1S/C15H18N2O2/c1-8-6-10(3)12(7-9(8)2)13-11(4)14(15(18)19)17(5)16-13/h6-7H,1-5H3,(H,18,19). The number of hydrogen-bond donors (Lipinski definition) is 1. The number of aromatic nitrogens is 2. The SMILES string of the molecule is Cc1cc(C)c(-c2nn(C)c(C(=O)O)c2C)cc1C. The van der Waals surface area contributed by atoms with E-state index in [9.17, 15) is 9.90 Å². The summed E-state index contributed by atoms with van der Waals surface area (Å²) in [6, 6.07) is 4.19. The van der Waals surface area contributed by atoms with Crippen LogP contribution in [0.15, 0.2) is 12.1 Å². The fraction of sp³-hybridized carbons (Fsp3) is 0.333. The Morgan fingerprint density at radius 2 is 1.68 bits per heavy atom. The second-order valence-electron chi connectivity index (χ2n) is 5.00. The number of aryl methyl sites for hydroxylation is 4. The second kappa shape index (κ2) is 4.53. The average molecular weight is 258 g/mol. The van der Waals surface area contributed by atoms with Crippen molar-refractivity contribution in [3.05, 3.63) is 40.1 Å². The monoisotopic (exact) mass is 258 g/mol. The van der Waals surface area contributed by atoms with Gasteiger partial charge in [0.2, 0.25) is 0 Å². The van der Waals surface area contributed by atoms with Crippen LogP contribution in [0.3, 0.4) is 0 Å². The molecule has 0 spiro atoms. The largest absolute Gasteiger partial charge is 0.477 e. The topological polar surface area (TPSA) is 55.1 Å². The molecule has 0 saturated heterocycles. The molecule has 0 atom stereocenters. The summed E-state index contributed by atoms with van der Waals surface area (Å²) in [4.78, 5) is 11.2. The highest BCUT2D eigenvalue weighted by Gasteiger charge is 2.20. The van der Waals surface area contributed by atoms with E-state index in [0.717, 1.165) is 16.8 Å². The van der Waals surface area contributed by atoms with E-state index in [1.165, 1.54) is 15.8 Å². The Hall–Kier alpha value is -2.10. The number of carbonyl (C=O) groups is 1. The summed E-state index contributed by atoms with van der Waals surface area (Å²) in [6.45, 7) is 7.95. The molecule has 0 saturated carbocycles. The molecule has 0 amide bonds. The summed E-state index contributed by atoms with van der Waals surface area (Å²) >= 11 is 0. The van der Waals surface area contributed by atoms with E-state index < -0.39 is 5.97 Å². The van der Waals surface area contributed by atoms with Crippen molar-refractivity contribution in [1.82, 2.24) is 9.78 Å². The molecule has 0 radical (unpaired) electrons. The first-order chi connectivity index (χ1) is 8.82. The summed E-state index contributed by atoms with van der Waals surface area (Å²) in [5.74, 6) is -0.944. The number of carboxylic acids is 1. The van der Waals surface area contributed by atoms with Gasteiger partial charge in [-0.15, -0.1) is 0 Å². The lowest BCUT2D eigenvalue weighted by molar-refractivity contribution is 0.0684. The van der Waals surface area contributed by atoms with Crippen molar-refractivity contribution < 1.29 is 9.90 Å². The molecule has 0 fully saturated rings. The third-order valence-corrected chi connectivity index (χ3v) is 3.58. The van der Waals surface area contributed by atoms with Gasteiger partial charge in [0.05, 0.1) is 5.69 Å². The molecule has 19 heavy (non-hydrogen) atoms. The lowest BCUT2D eigenvalue weighted by Crippen LogP contribution is -2.06. The highest BCUT2D eigenvalue weighted by atomic mass is 16.4. The Bertz CT molecular complexity index is 669. The minimum atomic E-state index is -0.944. The molecule has 0 aliphatic carbocycles. The van der Waals surface area contributed by atoms with Gasteiger partial charge in [0.15, 0.2) is 0 Å². The van der Waals surface area contributed by atoms with Crippen LogP contribution in [0.1, 0.15) is 32.7 Å². The molecule has 0 unspecified atom stereocenters. The minimum absolute atomic E-state index is 0.243. The van der Waals surface area contributed by atoms with Crippen molar-refractivity contribution in [3.8, 4) is 11.3 Å². The van der Waals surface area contributed by atoms with Crippen LogP contribution in [-0.2, 0) is 7.05 Å². The molecule has 4 nitrogen and oxygen atoms in total. The molecular formula is C15H18N2O2. The van der Waals surface area contributed by atoms with E-state index in [1.54, 1.807) is 14.0 Å². The molecule has 1 aromatic carbocycles. The van der Waals surface area contributed by atoms with Crippen LogP contribution in [0.4, 0.5) is 0 Å². The van der Waals surface area contributed by atoms with Crippen LogP contribution < -0.4 is 0 Å². The predicted octanol–water partition coefficient (Wildman–Crippen LogP) is 3.02. The Labute approximate surface area is 112 Å². The number of nitrogens with zero attached hydrogens (tertiary/aromatic N) is 2. The second-order valence-corrected chi connectivity index (χ2v) is 5.00. The Balaban J connectivity index is 2.70. The normalized spacial score (nSPS) is 10.8. The van der Waals surface area contributed by atoms with Gasteiger partial charge >= 0.3 is 5.97 Å². The third-order valence-electron chi connectivity index (χ3n) is 3.58. The van der Waals surface area contributed by atoms with Gasteiger partial charge in [-0.1, -0.05) is 6.07 Å². The van der Waals surface area contributed by atoms with Gasteiger partial charge in [0, 0.05) is 18.2 Å². The Kier molecular flexibility index (Phi) is 3.18. The van der Waals surface area contributed by atoms with Crippen LogP contribution in [0, 0.1) is 27.7 Å². The first kappa shape index (κ1) is 13.3. The maximum atomic E-state index is 11.2. The van der Waals surface area contributed by atoms with Crippen LogP contribution >= 0.6 is 0 Å². The first-order valence-corrected chi connectivity index (χ1v) is 6.18. The van der Waals surface area contributed by atoms with Gasteiger partial charge < -0.3 is 5.11 Å². The van der Waals surface area contributed by atoms with E-state index in [1.807, 2.05) is 6.92 Å². The maximum absolute atomic E-state index is 11.2. The van der Waals surface area contributed by atoms with Gasteiger partial charge in [0.1, 0.15) is 5.69 Å². The van der Waals surface area contributed by atoms with Crippen LogP contribution in [0.25, 0.3) is 11.3 Å². The summed E-state index contributed by atoms with van der Waals surface area (Å²) < 4.78 is 1.43. The molecule has 0 bridgehead atoms. The van der Waals surface area contributed by atoms with Gasteiger partial charge in [-0.25, -0.2) is 4.79 Å². The van der Waals surface area contributed by atoms with Gasteiger partial charge in [-0.05, 0) is 50.5 Å². The molecule has 2 rings (SSSR count). The van der Waals surface area contributed by atoms with Crippen molar-refractivity contribution in [2.75, 3.05) is 0 Å². The average Bonchev–Trinajstić information content (AvgIpc) is 2.59. The molecule has 0 aliphatic rings.